The largest absolute Gasteiger partial charge is 0.493 e. The summed E-state index contributed by atoms with van der Waals surface area (Å²) in [5.41, 5.74) is 2.96. The van der Waals surface area contributed by atoms with Gasteiger partial charge in [-0.25, -0.2) is 4.79 Å². The van der Waals surface area contributed by atoms with Crippen molar-refractivity contribution in [3.63, 3.8) is 0 Å². The highest BCUT2D eigenvalue weighted by Gasteiger charge is 2.67. The lowest BCUT2D eigenvalue weighted by Gasteiger charge is -2.53. The number of esters is 1. The number of anilines is 1. The molecule has 0 N–H and O–H groups in total. The fraction of sp³-hybridized carbons (Fsp3) is 0.545. The number of hydrogen-bond acceptors (Lipinski definition) is 5. The highest BCUT2D eigenvalue weighted by Crippen LogP contribution is 2.62. The fourth-order valence-electron chi connectivity index (χ4n) is 6.93. The van der Waals surface area contributed by atoms with Gasteiger partial charge >= 0.3 is 5.97 Å². The van der Waals surface area contributed by atoms with Crippen LogP contribution in [0.25, 0.3) is 0 Å². The Balaban J connectivity index is 1.57. The number of para-hydroxylation sites is 1. The van der Waals surface area contributed by atoms with Gasteiger partial charge in [0.25, 0.3) is 0 Å². The molecule has 1 aromatic rings. The Morgan fingerprint density at radius 3 is 2.89 bits per heavy atom. The van der Waals surface area contributed by atoms with Crippen LogP contribution in [-0.4, -0.2) is 55.7 Å². The lowest BCUT2D eigenvalue weighted by atomic mass is 9.56. The molecule has 28 heavy (non-hydrogen) atoms. The molecule has 1 aromatic carbocycles. The van der Waals surface area contributed by atoms with Gasteiger partial charge < -0.3 is 19.3 Å². The molecule has 1 spiro atoms. The number of benzene rings is 1. The first-order valence-electron chi connectivity index (χ1n) is 10.2. The second-order valence-electron chi connectivity index (χ2n) is 8.87. The summed E-state index contributed by atoms with van der Waals surface area (Å²) < 4.78 is 11.3. The number of likely N-dealkylation sites (tertiary alicyclic amines) is 1. The minimum Gasteiger partial charge on any atom is -0.493 e. The minimum absolute atomic E-state index is 0.0125. The fourth-order valence-corrected chi connectivity index (χ4v) is 6.93. The van der Waals surface area contributed by atoms with Gasteiger partial charge in [-0.05, 0) is 38.1 Å². The zero-order valence-electron chi connectivity index (χ0n) is 16.2. The topological polar surface area (TPSA) is 59.1 Å². The van der Waals surface area contributed by atoms with Gasteiger partial charge in [0.05, 0.1) is 18.2 Å². The summed E-state index contributed by atoms with van der Waals surface area (Å²) in [7, 11) is 2.18. The van der Waals surface area contributed by atoms with Crippen LogP contribution in [0.2, 0.25) is 0 Å². The van der Waals surface area contributed by atoms with Gasteiger partial charge in [0.15, 0.2) is 0 Å². The van der Waals surface area contributed by atoms with E-state index in [1.807, 2.05) is 11.0 Å². The van der Waals surface area contributed by atoms with Crippen LogP contribution in [-0.2, 0) is 24.5 Å². The Bertz CT molecular complexity index is 940. The maximum absolute atomic E-state index is 12.9. The number of likely N-dealkylation sites (N-methyl/N-ethyl adjacent to an activating group) is 1. The van der Waals surface area contributed by atoms with Crippen LogP contribution in [0.5, 0.6) is 0 Å². The van der Waals surface area contributed by atoms with E-state index in [1.165, 1.54) is 5.56 Å². The summed E-state index contributed by atoms with van der Waals surface area (Å²) in [5, 5.41) is 0. The number of hydrogen-bond donors (Lipinski definition) is 0. The lowest BCUT2D eigenvalue weighted by molar-refractivity contribution is -0.136. The van der Waals surface area contributed by atoms with Crippen molar-refractivity contribution in [2.75, 3.05) is 31.7 Å². The predicted octanol–water partition coefficient (Wildman–Crippen LogP) is 1.84. The van der Waals surface area contributed by atoms with E-state index in [9.17, 15) is 9.59 Å². The number of carbonyl (C=O) groups is 2. The molecule has 1 aliphatic carbocycles. The molecule has 6 heteroatoms. The van der Waals surface area contributed by atoms with Crippen LogP contribution in [0, 0.1) is 11.8 Å². The normalized spacial score (nSPS) is 38.2. The minimum atomic E-state index is -0.234. The summed E-state index contributed by atoms with van der Waals surface area (Å²) >= 11 is 0. The highest BCUT2D eigenvalue weighted by molar-refractivity contribution is 5.97. The Hall–Kier alpha value is -2.34. The maximum atomic E-state index is 12.9. The predicted molar refractivity (Wildman–Crippen MR) is 102 cm³/mol. The van der Waals surface area contributed by atoms with Crippen molar-refractivity contribution in [2.24, 2.45) is 11.8 Å². The van der Waals surface area contributed by atoms with Crippen molar-refractivity contribution in [1.29, 1.82) is 0 Å². The SMILES string of the molecule is CC(=O)N1c2ccccc2[C@]23CCN(C)[C@H]2C[C@H]2C4=C(COC4=O)OC[C@H]2[C@H]13. The first-order valence-corrected chi connectivity index (χ1v) is 10.2. The van der Waals surface area contributed by atoms with Crippen LogP contribution in [0.15, 0.2) is 35.6 Å². The number of rotatable bonds is 0. The number of amides is 1. The third-order valence-electron chi connectivity index (χ3n) is 7.89. The molecule has 6 rings (SSSR count). The summed E-state index contributed by atoms with van der Waals surface area (Å²) in [6.07, 6.45) is 1.94. The van der Waals surface area contributed by atoms with E-state index in [4.69, 9.17) is 9.47 Å². The highest BCUT2D eigenvalue weighted by atomic mass is 16.6. The molecule has 0 bridgehead atoms. The van der Waals surface area contributed by atoms with Crippen molar-refractivity contribution in [3.05, 3.63) is 41.2 Å². The number of carbonyl (C=O) groups excluding carboxylic acids is 2. The van der Waals surface area contributed by atoms with E-state index < -0.39 is 0 Å². The van der Waals surface area contributed by atoms with Gasteiger partial charge in [0.1, 0.15) is 12.4 Å². The van der Waals surface area contributed by atoms with Gasteiger partial charge in [0, 0.05) is 35.9 Å². The molecule has 1 saturated carbocycles. The van der Waals surface area contributed by atoms with E-state index in [1.54, 1.807) is 6.92 Å². The molecular weight excluding hydrogens is 356 g/mol. The average Bonchev–Trinajstić information content (AvgIpc) is 3.32. The molecule has 5 aliphatic rings. The zero-order chi connectivity index (χ0) is 19.2. The Morgan fingerprint density at radius 1 is 1.25 bits per heavy atom. The second-order valence-corrected chi connectivity index (χ2v) is 8.87. The van der Waals surface area contributed by atoms with E-state index in [0.29, 0.717) is 18.4 Å². The van der Waals surface area contributed by atoms with Crippen molar-refractivity contribution >= 4 is 17.6 Å². The Kier molecular flexibility index (Phi) is 3.19. The van der Waals surface area contributed by atoms with E-state index in [-0.39, 0.29) is 41.8 Å². The van der Waals surface area contributed by atoms with E-state index in [2.05, 4.69) is 30.1 Å². The lowest BCUT2D eigenvalue weighted by Crippen LogP contribution is -2.63. The molecule has 146 valence electrons. The monoisotopic (exact) mass is 380 g/mol. The summed E-state index contributed by atoms with van der Waals surface area (Å²) in [4.78, 5) is 29.8. The van der Waals surface area contributed by atoms with Crippen molar-refractivity contribution in [2.45, 2.75) is 37.3 Å². The average molecular weight is 380 g/mol. The van der Waals surface area contributed by atoms with Gasteiger partial charge in [-0.3, -0.25) is 4.79 Å². The maximum Gasteiger partial charge on any atom is 0.338 e. The summed E-state index contributed by atoms with van der Waals surface area (Å²) in [6, 6.07) is 8.69. The second kappa shape index (κ2) is 5.38. The van der Waals surface area contributed by atoms with Crippen molar-refractivity contribution in [3.8, 4) is 0 Å². The Morgan fingerprint density at radius 2 is 2.07 bits per heavy atom. The van der Waals surface area contributed by atoms with Crippen LogP contribution in [0.1, 0.15) is 25.3 Å². The van der Waals surface area contributed by atoms with Crippen LogP contribution in [0.4, 0.5) is 5.69 Å². The molecule has 1 amide bonds. The van der Waals surface area contributed by atoms with Crippen molar-refractivity contribution in [1.82, 2.24) is 4.90 Å². The number of nitrogens with zero attached hydrogens (tertiary/aromatic N) is 2. The smallest absolute Gasteiger partial charge is 0.338 e. The Labute approximate surface area is 164 Å². The first kappa shape index (κ1) is 16.6. The molecule has 2 fully saturated rings. The first-order chi connectivity index (χ1) is 13.5. The van der Waals surface area contributed by atoms with Crippen LogP contribution < -0.4 is 4.90 Å². The van der Waals surface area contributed by atoms with Crippen molar-refractivity contribution < 1.29 is 19.1 Å². The molecule has 1 saturated heterocycles. The number of cyclic esters (lactones) is 1. The van der Waals surface area contributed by atoms with Gasteiger partial charge in [-0.2, -0.15) is 0 Å². The molecule has 6 nitrogen and oxygen atoms in total. The third kappa shape index (κ3) is 1.78. The molecule has 0 radical (unpaired) electrons. The molecule has 4 heterocycles. The standard InChI is InChI=1S/C22H24N2O4/c1-12(25)24-16-6-4-3-5-15(16)22-7-8-23(2)18(22)9-13-14(20(22)24)10-27-17-11-28-21(26)19(13)17/h3-6,13-14,18,20H,7-11H2,1-2H3/t13-,14-,18+,20+,22-/m1/s1. The molecule has 4 aliphatic heterocycles. The summed E-state index contributed by atoms with van der Waals surface area (Å²) in [5.74, 6) is 0.728. The number of ether oxygens (including phenoxy) is 2. The zero-order valence-corrected chi connectivity index (χ0v) is 16.2. The molecule has 5 atom stereocenters. The van der Waals surface area contributed by atoms with Crippen LogP contribution in [0.3, 0.4) is 0 Å². The van der Waals surface area contributed by atoms with E-state index >= 15 is 0 Å². The summed E-state index contributed by atoms with van der Waals surface area (Å²) in [6.45, 7) is 3.45. The molecule has 0 aromatic heterocycles. The van der Waals surface area contributed by atoms with Crippen LogP contribution >= 0.6 is 0 Å². The molecular formula is C22H24N2O4. The van der Waals surface area contributed by atoms with Gasteiger partial charge in [0.2, 0.25) is 5.91 Å². The van der Waals surface area contributed by atoms with E-state index in [0.717, 1.165) is 30.6 Å². The third-order valence-corrected chi connectivity index (χ3v) is 7.89. The van der Waals surface area contributed by atoms with Gasteiger partial charge in [-0.1, -0.05) is 18.2 Å². The molecule has 0 unspecified atom stereocenters. The number of fused-ring (bicyclic) bond motifs is 4. The quantitative estimate of drug-likeness (QED) is 0.643. The van der Waals surface area contributed by atoms with Gasteiger partial charge in [-0.15, -0.1) is 0 Å².